The number of nitrogens with one attached hydrogen (secondary N) is 1. The number of benzene rings is 1. The number of para-hydroxylation sites is 1. The van der Waals surface area contributed by atoms with Crippen molar-refractivity contribution in [2.24, 2.45) is 0 Å². The molecule has 1 aliphatic rings. The van der Waals surface area contributed by atoms with Gasteiger partial charge in [-0.1, -0.05) is 18.2 Å². The van der Waals surface area contributed by atoms with Gasteiger partial charge in [0.15, 0.2) is 9.84 Å². The second-order valence-electron chi connectivity index (χ2n) is 4.34. The molecule has 4 nitrogen and oxygen atoms in total. The van der Waals surface area contributed by atoms with E-state index in [1.165, 1.54) is 0 Å². The van der Waals surface area contributed by atoms with Gasteiger partial charge in [0.25, 0.3) is 0 Å². The van der Waals surface area contributed by atoms with Gasteiger partial charge < -0.3 is 10.1 Å². The number of methoxy groups -OCH3 is 1. The van der Waals surface area contributed by atoms with Gasteiger partial charge in [-0.3, -0.25) is 0 Å². The highest BCUT2D eigenvalue weighted by atomic mass is 32.2. The summed E-state index contributed by atoms with van der Waals surface area (Å²) in [6.07, 6.45) is 0. The Labute approximate surface area is 102 Å². The zero-order valence-electron chi connectivity index (χ0n) is 10.0. The quantitative estimate of drug-likeness (QED) is 0.861. The molecule has 1 aromatic rings. The Bertz CT molecular complexity index is 498. The van der Waals surface area contributed by atoms with Crippen LogP contribution in [0.4, 0.5) is 0 Å². The van der Waals surface area contributed by atoms with Gasteiger partial charge >= 0.3 is 0 Å². The number of hydrogen-bond donors (Lipinski definition) is 1. The number of ether oxygens (including phenoxy) is 1. The summed E-state index contributed by atoms with van der Waals surface area (Å²) < 4.78 is 29.0. The van der Waals surface area contributed by atoms with Crippen molar-refractivity contribution in [3.63, 3.8) is 0 Å². The van der Waals surface area contributed by atoms with Crippen LogP contribution in [0, 0.1) is 0 Å². The van der Waals surface area contributed by atoms with Crippen LogP contribution in [0.2, 0.25) is 0 Å². The summed E-state index contributed by atoms with van der Waals surface area (Å²) in [6.45, 7) is 2.23. The molecular weight excluding hydrogens is 238 g/mol. The Morgan fingerprint density at radius 3 is 2.71 bits per heavy atom. The monoisotopic (exact) mass is 255 g/mol. The number of sulfone groups is 1. The molecule has 2 unspecified atom stereocenters. The molecule has 1 aliphatic heterocycles. The zero-order chi connectivity index (χ0) is 12.5. The Kier molecular flexibility index (Phi) is 3.40. The fourth-order valence-corrected chi connectivity index (χ4v) is 3.49. The molecule has 2 rings (SSSR count). The molecule has 1 N–H and O–H groups in total. The lowest BCUT2D eigenvalue weighted by Crippen LogP contribution is -2.44. The molecule has 1 fully saturated rings. The second kappa shape index (κ2) is 4.66. The summed E-state index contributed by atoms with van der Waals surface area (Å²) in [5, 5.41) is 2.94. The number of rotatable bonds is 2. The minimum atomic E-state index is -3.00. The van der Waals surface area contributed by atoms with Gasteiger partial charge in [0, 0.05) is 18.2 Å². The lowest BCUT2D eigenvalue weighted by molar-refractivity contribution is 0.399. The first-order valence-corrected chi connectivity index (χ1v) is 7.34. The molecule has 1 heterocycles. The molecule has 94 valence electrons. The Morgan fingerprint density at radius 2 is 2.06 bits per heavy atom. The first-order valence-electron chi connectivity index (χ1n) is 5.62. The average molecular weight is 255 g/mol. The van der Waals surface area contributed by atoms with Gasteiger partial charge in [0.05, 0.1) is 18.1 Å². The molecular formula is C12H17NO3S. The second-order valence-corrected chi connectivity index (χ2v) is 6.81. The minimum Gasteiger partial charge on any atom is -0.496 e. The molecule has 1 saturated heterocycles. The van der Waals surface area contributed by atoms with Gasteiger partial charge in [-0.05, 0) is 13.0 Å². The van der Waals surface area contributed by atoms with Gasteiger partial charge in [0.1, 0.15) is 5.75 Å². The van der Waals surface area contributed by atoms with Crippen LogP contribution in [0.3, 0.4) is 0 Å². The highest BCUT2D eigenvalue weighted by Crippen LogP contribution is 2.28. The Hall–Kier alpha value is -1.07. The lowest BCUT2D eigenvalue weighted by Gasteiger charge is -2.29. The standard InChI is InChI=1S/C12H17NO3S/c1-9-7-13-11(8-17(9,14)15)10-5-3-4-6-12(10)16-2/h3-6,9,11,13H,7-8H2,1-2H3. The van der Waals surface area contributed by atoms with E-state index < -0.39 is 9.84 Å². The third kappa shape index (κ3) is 2.45. The average Bonchev–Trinajstić information content (AvgIpc) is 2.32. The van der Waals surface area contributed by atoms with Gasteiger partial charge in [-0.15, -0.1) is 0 Å². The van der Waals surface area contributed by atoms with Crippen molar-refractivity contribution in [3.8, 4) is 5.75 Å². The topological polar surface area (TPSA) is 55.4 Å². The first-order chi connectivity index (χ1) is 8.04. The van der Waals surface area contributed by atoms with E-state index >= 15 is 0 Å². The van der Waals surface area contributed by atoms with Crippen LogP contribution in [0.5, 0.6) is 5.75 Å². The van der Waals surface area contributed by atoms with Crippen LogP contribution < -0.4 is 10.1 Å². The zero-order valence-corrected chi connectivity index (χ0v) is 10.8. The molecule has 2 atom stereocenters. The summed E-state index contributed by atoms with van der Waals surface area (Å²) in [4.78, 5) is 0. The largest absolute Gasteiger partial charge is 0.496 e. The molecule has 0 aliphatic carbocycles. The van der Waals surface area contributed by atoms with Crippen molar-refractivity contribution < 1.29 is 13.2 Å². The van der Waals surface area contributed by atoms with Gasteiger partial charge in [-0.2, -0.15) is 0 Å². The maximum Gasteiger partial charge on any atom is 0.156 e. The molecule has 0 radical (unpaired) electrons. The van der Waals surface area contributed by atoms with E-state index in [9.17, 15) is 8.42 Å². The summed E-state index contributed by atoms with van der Waals surface area (Å²) in [5.41, 5.74) is 0.908. The van der Waals surface area contributed by atoms with Crippen molar-refractivity contribution in [2.45, 2.75) is 18.2 Å². The van der Waals surface area contributed by atoms with Crippen LogP contribution >= 0.6 is 0 Å². The molecule has 0 saturated carbocycles. The molecule has 0 aromatic heterocycles. The van der Waals surface area contributed by atoms with Crippen LogP contribution in [0.1, 0.15) is 18.5 Å². The van der Waals surface area contributed by atoms with Crippen molar-refractivity contribution in [1.29, 1.82) is 0 Å². The van der Waals surface area contributed by atoms with E-state index in [0.29, 0.717) is 6.54 Å². The van der Waals surface area contributed by atoms with Crippen molar-refractivity contribution in [3.05, 3.63) is 29.8 Å². The SMILES string of the molecule is COc1ccccc1C1CS(=O)(=O)C(C)CN1. The molecule has 17 heavy (non-hydrogen) atoms. The maximum atomic E-state index is 11.9. The van der Waals surface area contributed by atoms with Crippen LogP contribution in [0.15, 0.2) is 24.3 Å². The number of hydrogen-bond acceptors (Lipinski definition) is 4. The lowest BCUT2D eigenvalue weighted by atomic mass is 10.1. The van der Waals surface area contributed by atoms with E-state index in [2.05, 4.69) is 5.32 Å². The summed E-state index contributed by atoms with van der Waals surface area (Å²) in [5.74, 6) is 0.865. The van der Waals surface area contributed by atoms with Crippen LogP contribution in [-0.2, 0) is 9.84 Å². The normalized spacial score (nSPS) is 27.6. The van der Waals surface area contributed by atoms with Crippen molar-refractivity contribution in [1.82, 2.24) is 5.32 Å². The van der Waals surface area contributed by atoms with Crippen LogP contribution in [-0.4, -0.2) is 33.1 Å². The summed E-state index contributed by atoms with van der Waals surface area (Å²) >= 11 is 0. The predicted octanol–water partition coefficient (Wildman–Crippen LogP) is 1.14. The molecule has 5 heteroatoms. The van der Waals surface area contributed by atoms with Crippen LogP contribution in [0.25, 0.3) is 0 Å². The first kappa shape index (κ1) is 12.4. The van der Waals surface area contributed by atoms with Crippen molar-refractivity contribution >= 4 is 9.84 Å². The highest BCUT2D eigenvalue weighted by molar-refractivity contribution is 7.92. The van der Waals surface area contributed by atoms with E-state index in [0.717, 1.165) is 11.3 Å². The fourth-order valence-electron chi connectivity index (χ4n) is 2.04. The van der Waals surface area contributed by atoms with E-state index in [-0.39, 0.29) is 17.0 Å². The summed E-state index contributed by atoms with van der Waals surface area (Å²) in [7, 11) is -1.41. The molecule has 0 amide bonds. The van der Waals surface area contributed by atoms with Gasteiger partial charge in [0.2, 0.25) is 0 Å². The maximum absolute atomic E-state index is 11.9. The fraction of sp³-hybridized carbons (Fsp3) is 0.500. The van der Waals surface area contributed by atoms with E-state index in [4.69, 9.17) is 4.74 Å². The molecule has 0 spiro atoms. The van der Waals surface area contributed by atoms with E-state index in [1.54, 1.807) is 14.0 Å². The third-order valence-corrected chi connectivity index (χ3v) is 5.37. The molecule has 1 aromatic carbocycles. The predicted molar refractivity (Wildman–Crippen MR) is 67.0 cm³/mol. The minimum absolute atomic E-state index is 0.133. The highest BCUT2D eigenvalue weighted by Gasteiger charge is 2.32. The Morgan fingerprint density at radius 1 is 1.35 bits per heavy atom. The third-order valence-electron chi connectivity index (χ3n) is 3.18. The van der Waals surface area contributed by atoms with Crippen molar-refractivity contribution in [2.75, 3.05) is 19.4 Å². The van der Waals surface area contributed by atoms with Gasteiger partial charge in [-0.25, -0.2) is 8.42 Å². The summed E-state index contributed by atoms with van der Waals surface area (Å²) in [6, 6.07) is 7.35. The van der Waals surface area contributed by atoms with E-state index in [1.807, 2.05) is 24.3 Å². The molecule has 0 bridgehead atoms. The Balaban J connectivity index is 2.30. The smallest absolute Gasteiger partial charge is 0.156 e.